The average molecular weight is 247 g/mol. The summed E-state index contributed by atoms with van der Waals surface area (Å²) in [5.74, 6) is 0.233. The second-order valence-corrected chi connectivity index (χ2v) is 5.03. The Balaban J connectivity index is 1.76. The average Bonchev–Trinajstić information content (AvgIpc) is 2.80. The van der Waals surface area contributed by atoms with E-state index in [0.29, 0.717) is 24.7 Å². The number of hydrogen-bond acceptors (Lipinski definition) is 4. The first-order chi connectivity index (χ1) is 8.78. The van der Waals surface area contributed by atoms with Gasteiger partial charge in [0.25, 0.3) is 0 Å². The van der Waals surface area contributed by atoms with Crippen molar-refractivity contribution in [3.63, 3.8) is 0 Å². The van der Waals surface area contributed by atoms with Crippen LogP contribution in [0, 0.1) is 5.92 Å². The summed E-state index contributed by atoms with van der Waals surface area (Å²) >= 11 is 0. The number of nitrogens with zero attached hydrogens (tertiary/aromatic N) is 1. The topological polar surface area (TPSA) is 49.8 Å². The zero-order valence-electron chi connectivity index (χ0n) is 10.3. The molecule has 0 unspecified atom stereocenters. The standard InChI is InChI=1S/C14H17NO3/c16-8-10-3-5-15(6-4-10)12-1-2-13-11(7-12)9-18-14(13)17/h1-2,7,10,16H,3-6,8-9H2. The van der Waals surface area contributed by atoms with E-state index < -0.39 is 0 Å². The Morgan fingerprint density at radius 2 is 2.11 bits per heavy atom. The predicted molar refractivity (Wildman–Crippen MR) is 67.6 cm³/mol. The van der Waals surface area contributed by atoms with Crippen LogP contribution in [0.25, 0.3) is 0 Å². The van der Waals surface area contributed by atoms with E-state index in [0.717, 1.165) is 37.2 Å². The number of aliphatic hydroxyl groups excluding tert-OH is 1. The number of fused-ring (bicyclic) bond motifs is 1. The Morgan fingerprint density at radius 3 is 2.83 bits per heavy atom. The molecule has 0 bridgehead atoms. The summed E-state index contributed by atoms with van der Waals surface area (Å²) in [6.07, 6.45) is 2.06. The van der Waals surface area contributed by atoms with Gasteiger partial charge in [0.2, 0.25) is 0 Å². The highest BCUT2D eigenvalue weighted by Crippen LogP contribution is 2.28. The van der Waals surface area contributed by atoms with Crippen molar-refractivity contribution >= 4 is 11.7 Å². The lowest BCUT2D eigenvalue weighted by Gasteiger charge is -2.33. The van der Waals surface area contributed by atoms with Gasteiger partial charge in [-0.05, 0) is 37.0 Å². The first-order valence-electron chi connectivity index (χ1n) is 6.44. The number of hydrogen-bond donors (Lipinski definition) is 1. The molecule has 1 fully saturated rings. The molecule has 18 heavy (non-hydrogen) atoms. The molecule has 0 atom stereocenters. The first kappa shape index (κ1) is 11.5. The van der Waals surface area contributed by atoms with Gasteiger partial charge in [-0.15, -0.1) is 0 Å². The molecule has 1 saturated heterocycles. The quantitative estimate of drug-likeness (QED) is 0.806. The third-order valence-electron chi connectivity index (χ3n) is 3.91. The highest BCUT2D eigenvalue weighted by Gasteiger charge is 2.23. The Kier molecular flexibility index (Phi) is 2.96. The van der Waals surface area contributed by atoms with Gasteiger partial charge in [-0.2, -0.15) is 0 Å². The molecule has 2 aliphatic rings. The van der Waals surface area contributed by atoms with Crippen LogP contribution >= 0.6 is 0 Å². The maximum absolute atomic E-state index is 11.4. The molecule has 3 rings (SSSR count). The van der Waals surface area contributed by atoms with Crippen LogP contribution in [0.3, 0.4) is 0 Å². The molecule has 2 heterocycles. The highest BCUT2D eigenvalue weighted by atomic mass is 16.5. The maximum Gasteiger partial charge on any atom is 0.338 e. The van der Waals surface area contributed by atoms with E-state index in [1.165, 1.54) is 0 Å². The summed E-state index contributed by atoms with van der Waals surface area (Å²) in [4.78, 5) is 13.7. The van der Waals surface area contributed by atoms with Gasteiger partial charge in [0.1, 0.15) is 6.61 Å². The zero-order chi connectivity index (χ0) is 12.5. The molecule has 2 aliphatic heterocycles. The van der Waals surface area contributed by atoms with Crippen LogP contribution < -0.4 is 4.90 Å². The normalized spacial score (nSPS) is 19.8. The van der Waals surface area contributed by atoms with Crippen LogP contribution in [0.5, 0.6) is 0 Å². The Labute approximate surface area is 106 Å². The molecule has 0 aliphatic carbocycles. The smallest absolute Gasteiger partial charge is 0.338 e. The SMILES string of the molecule is O=C1OCc2cc(N3CCC(CO)CC3)ccc21. The van der Waals surface area contributed by atoms with Gasteiger partial charge >= 0.3 is 5.97 Å². The number of esters is 1. The second-order valence-electron chi connectivity index (χ2n) is 5.03. The predicted octanol–water partition coefficient (Wildman–Crippen LogP) is 1.57. The van der Waals surface area contributed by atoms with Crippen LogP contribution in [0.15, 0.2) is 18.2 Å². The molecule has 96 valence electrons. The van der Waals surface area contributed by atoms with Gasteiger partial charge in [-0.25, -0.2) is 4.79 Å². The molecule has 0 saturated carbocycles. The third-order valence-corrected chi connectivity index (χ3v) is 3.91. The molecule has 0 amide bonds. The number of rotatable bonds is 2. The maximum atomic E-state index is 11.4. The molecular formula is C14H17NO3. The summed E-state index contributed by atoms with van der Waals surface area (Å²) in [5, 5.41) is 9.13. The molecule has 4 nitrogen and oxygen atoms in total. The number of carbonyl (C=O) groups is 1. The minimum absolute atomic E-state index is 0.212. The molecule has 4 heteroatoms. The fraction of sp³-hybridized carbons (Fsp3) is 0.500. The lowest BCUT2D eigenvalue weighted by atomic mass is 9.97. The molecule has 0 aromatic heterocycles. The third kappa shape index (κ3) is 1.97. The van der Waals surface area contributed by atoms with Gasteiger partial charge in [0.15, 0.2) is 0 Å². The van der Waals surface area contributed by atoms with Crippen molar-refractivity contribution in [1.82, 2.24) is 0 Å². The number of anilines is 1. The van der Waals surface area contributed by atoms with Gasteiger partial charge in [-0.3, -0.25) is 0 Å². The molecule has 0 spiro atoms. The molecule has 1 N–H and O–H groups in total. The van der Waals surface area contributed by atoms with Crippen molar-refractivity contribution in [2.75, 3.05) is 24.6 Å². The van der Waals surface area contributed by atoms with E-state index >= 15 is 0 Å². The highest BCUT2D eigenvalue weighted by molar-refractivity contribution is 5.93. The van der Waals surface area contributed by atoms with Crippen LogP contribution in [0.2, 0.25) is 0 Å². The molecule has 1 aromatic carbocycles. The van der Waals surface area contributed by atoms with Crippen LogP contribution in [0.1, 0.15) is 28.8 Å². The van der Waals surface area contributed by atoms with Gasteiger partial charge < -0.3 is 14.7 Å². The number of cyclic esters (lactones) is 1. The lowest BCUT2D eigenvalue weighted by molar-refractivity contribution is 0.0535. The van der Waals surface area contributed by atoms with E-state index in [1.807, 2.05) is 12.1 Å². The summed E-state index contributed by atoms with van der Waals surface area (Å²) < 4.78 is 5.01. The summed E-state index contributed by atoms with van der Waals surface area (Å²) in [5.41, 5.74) is 2.84. The first-order valence-corrected chi connectivity index (χ1v) is 6.44. The van der Waals surface area contributed by atoms with Crippen molar-refractivity contribution in [1.29, 1.82) is 0 Å². The van der Waals surface area contributed by atoms with E-state index in [-0.39, 0.29) is 5.97 Å². The summed E-state index contributed by atoms with van der Waals surface area (Å²) in [6.45, 7) is 2.63. The largest absolute Gasteiger partial charge is 0.457 e. The van der Waals surface area contributed by atoms with E-state index in [9.17, 15) is 4.79 Å². The van der Waals surface area contributed by atoms with Crippen LogP contribution in [-0.4, -0.2) is 30.8 Å². The van der Waals surface area contributed by atoms with Crippen LogP contribution in [0.4, 0.5) is 5.69 Å². The fourth-order valence-electron chi connectivity index (χ4n) is 2.69. The minimum Gasteiger partial charge on any atom is -0.457 e. The zero-order valence-corrected chi connectivity index (χ0v) is 10.3. The van der Waals surface area contributed by atoms with Crippen molar-refractivity contribution < 1.29 is 14.6 Å². The van der Waals surface area contributed by atoms with Gasteiger partial charge in [0, 0.05) is 30.9 Å². The van der Waals surface area contributed by atoms with E-state index in [1.54, 1.807) is 0 Å². The second kappa shape index (κ2) is 4.61. The number of aliphatic hydroxyl groups is 1. The van der Waals surface area contributed by atoms with Crippen LogP contribution in [-0.2, 0) is 11.3 Å². The molecule has 0 radical (unpaired) electrons. The van der Waals surface area contributed by atoms with Crippen molar-refractivity contribution in [2.24, 2.45) is 5.92 Å². The molecular weight excluding hydrogens is 230 g/mol. The van der Waals surface area contributed by atoms with Gasteiger partial charge in [-0.1, -0.05) is 0 Å². The molecule has 1 aromatic rings. The number of piperidine rings is 1. The summed E-state index contributed by atoms with van der Waals surface area (Å²) in [7, 11) is 0. The number of carbonyl (C=O) groups excluding carboxylic acids is 1. The van der Waals surface area contributed by atoms with Gasteiger partial charge in [0.05, 0.1) is 5.56 Å². The number of ether oxygens (including phenoxy) is 1. The van der Waals surface area contributed by atoms with Crippen molar-refractivity contribution in [2.45, 2.75) is 19.4 Å². The fourth-order valence-corrected chi connectivity index (χ4v) is 2.69. The lowest BCUT2D eigenvalue weighted by Crippen LogP contribution is -2.34. The Morgan fingerprint density at radius 1 is 1.33 bits per heavy atom. The van der Waals surface area contributed by atoms with Crippen molar-refractivity contribution in [3.05, 3.63) is 29.3 Å². The monoisotopic (exact) mass is 247 g/mol. The van der Waals surface area contributed by atoms with Crippen molar-refractivity contribution in [3.8, 4) is 0 Å². The van der Waals surface area contributed by atoms with E-state index in [4.69, 9.17) is 9.84 Å². The Hall–Kier alpha value is -1.55. The number of benzene rings is 1. The summed E-state index contributed by atoms with van der Waals surface area (Å²) in [6, 6.07) is 5.91. The van der Waals surface area contributed by atoms with E-state index in [2.05, 4.69) is 11.0 Å². The minimum atomic E-state index is -0.212. The Bertz CT molecular complexity index is 464.